The van der Waals surface area contributed by atoms with Gasteiger partial charge >= 0.3 is 0 Å². The van der Waals surface area contributed by atoms with Crippen molar-refractivity contribution in [2.24, 2.45) is 5.92 Å². The highest BCUT2D eigenvalue weighted by Gasteiger charge is 2.20. The minimum absolute atomic E-state index is 0.175. The van der Waals surface area contributed by atoms with Gasteiger partial charge in [0, 0.05) is 36.5 Å². The van der Waals surface area contributed by atoms with E-state index in [0.717, 1.165) is 42.8 Å². The highest BCUT2D eigenvalue weighted by Crippen LogP contribution is 2.23. The van der Waals surface area contributed by atoms with Gasteiger partial charge in [0.25, 0.3) is 0 Å². The van der Waals surface area contributed by atoms with E-state index in [9.17, 15) is 4.79 Å². The Balaban J connectivity index is 1.49. The molecule has 0 radical (unpaired) electrons. The molecule has 0 bridgehead atoms. The van der Waals surface area contributed by atoms with Gasteiger partial charge in [0.05, 0.1) is 7.11 Å². The molecule has 1 aliphatic carbocycles. The van der Waals surface area contributed by atoms with Crippen molar-refractivity contribution < 1.29 is 9.53 Å². The molecule has 7 nitrogen and oxygen atoms in total. The summed E-state index contributed by atoms with van der Waals surface area (Å²) >= 11 is 0. The summed E-state index contributed by atoms with van der Waals surface area (Å²) in [6.45, 7) is 3.08. The van der Waals surface area contributed by atoms with Crippen molar-refractivity contribution in [3.63, 3.8) is 0 Å². The molecular weight excluding hydrogens is 354 g/mol. The first-order chi connectivity index (χ1) is 13.6. The van der Waals surface area contributed by atoms with Crippen molar-refractivity contribution in [1.82, 2.24) is 15.3 Å². The van der Waals surface area contributed by atoms with Gasteiger partial charge < -0.3 is 20.7 Å². The van der Waals surface area contributed by atoms with Crippen LogP contribution in [-0.2, 0) is 4.79 Å². The summed E-state index contributed by atoms with van der Waals surface area (Å²) in [5, 5.41) is 9.48. The van der Waals surface area contributed by atoms with Crippen molar-refractivity contribution in [1.29, 1.82) is 0 Å². The van der Waals surface area contributed by atoms with E-state index in [2.05, 4.69) is 25.9 Å². The average Bonchev–Trinajstić information content (AvgIpc) is 2.72. The van der Waals surface area contributed by atoms with Gasteiger partial charge in [-0.25, -0.2) is 4.98 Å². The Bertz CT molecular complexity index is 773. The number of amides is 1. The average molecular weight is 383 g/mol. The van der Waals surface area contributed by atoms with Gasteiger partial charge in [-0.1, -0.05) is 19.3 Å². The summed E-state index contributed by atoms with van der Waals surface area (Å²) in [4.78, 5) is 21.1. The van der Waals surface area contributed by atoms with Gasteiger partial charge in [-0.05, 0) is 44.0 Å². The van der Waals surface area contributed by atoms with E-state index in [4.69, 9.17) is 4.74 Å². The van der Waals surface area contributed by atoms with Crippen molar-refractivity contribution in [2.75, 3.05) is 30.8 Å². The van der Waals surface area contributed by atoms with Crippen LogP contribution in [0.4, 0.5) is 17.5 Å². The molecular formula is C21H29N5O2. The van der Waals surface area contributed by atoms with E-state index in [1.54, 1.807) is 7.11 Å². The second-order valence-corrected chi connectivity index (χ2v) is 7.12. The zero-order chi connectivity index (χ0) is 19.8. The number of hydrogen-bond acceptors (Lipinski definition) is 6. The van der Waals surface area contributed by atoms with Gasteiger partial charge in [0.2, 0.25) is 11.9 Å². The summed E-state index contributed by atoms with van der Waals surface area (Å²) in [6.07, 6.45) is 5.61. The topological polar surface area (TPSA) is 88.2 Å². The fraction of sp³-hybridized carbons (Fsp3) is 0.476. The highest BCUT2D eigenvalue weighted by molar-refractivity contribution is 5.78. The maximum Gasteiger partial charge on any atom is 0.224 e. The van der Waals surface area contributed by atoms with Crippen LogP contribution < -0.4 is 20.7 Å². The van der Waals surface area contributed by atoms with Crippen LogP contribution in [0.5, 0.6) is 5.75 Å². The minimum atomic E-state index is 0.175. The molecule has 150 valence electrons. The molecule has 0 saturated heterocycles. The van der Waals surface area contributed by atoms with Gasteiger partial charge in [-0.2, -0.15) is 4.98 Å². The molecule has 0 spiro atoms. The quantitative estimate of drug-likeness (QED) is 0.603. The zero-order valence-corrected chi connectivity index (χ0v) is 16.6. The number of benzene rings is 1. The Morgan fingerprint density at radius 3 is 2.57 bits per heavy atom. The largest absolute Gasteiger partial charge is 0.497 e. The lowest BCUT2D eigenvalue weighted by atomic mass is 9.89. The third-order valence-corrected chi connectivity index (χ3v) is 4.90. The van der Waals surface area contributed by atoms with Crippen molar-refractivity contribution in [3.8, 4) is 5.75 Å². The third kappa shape index (κ3) is 5.84. The Labute approximate surface area is 166 Å². The Morgan fingerprint density at radius 1 is 1.11 bits per heavy atom. The smallest absolute Gasteiger partial charge is 0.224 e. The lowest BCUT2D eigenvalue weighted by Gasteiger charge is -2.20. The Morgan fingerprint density at radius 2 is 1.86 bits per heavy atom. The second-order valence-electron chi connectivity index (χ2n) is 7.12. The number of carbonyl (C=O) groups excluding carboxylic acids is 1. The molecule has 1 heterocycles. The minimum Gasteiger partial charge on any atom is -0.497 e. The fourth-order valence-corrected chi connectivity index (χ4v) is 3.40. The van der Waals surface area contributed by atoms with Crippen LogP contribution in [0.25, 0.3) is 0 Å². The van der Waals surface area contributed by atoms with E-state index in [-0.39, 0.29) is 11.8 Å². The Kier molecular flexibility index (Phi) is 7.06. The molecule has 1 aliphatic rings. The van der Waals surface area contributed by atoms with Gasteiger partial charge in [0.15, 0.2) is 0 Å². The van der Waals surface area contributed by atoms with Crippen LogP contribution in [0.1, 0.15) is 37.8 Å². The highest BCUT2D eigenvalue weighted by atomic mass is 16.5. The fourth-order valence-electron chi connectivity index (χ4n) is 3.40. The number of nitrogens with zero attached hydrogens (tertiary/aromatic N) is 2. The van der Waals surface area contributed by atoms with E-state index in [0.29, 0.717) is 24.9 Å². The van der Waals surface area contributed by atoms with Crippen LogP contribution in [-0.4, -0.2) is 36.1 Å². The molecule has 1 aromatic carbocycles. The first-order valence-corrected chi connectivity index (χ1v) is 9.92. The van der Waals surface area contributed by atoms with Gasteiger partial charge in [-0.15, -0.1) is 0 Å². The standard InChI is InChI=1S/C21H29N5O2/c1-15-14-19(25-17-8-10-18(28-2)11-9-17)26-21(24-15)23-13-12-22-20(27)16-6-4-3-5-7-16/h8-11,14,16H,3-7,12-13H2,1-2H3,(H,22,27)(H2,23,24,25,26). The number of carbonyl (C=O) groups is 1. The molecule has 3 N–H and O–H groups in total. The van der Waals surface area contributed by atoms with E-state index in [1.807, 2.05) is 37.3 Å². The van der Waals surface area contributed by atoms with Crippen molar-refractivity contribution in [3.05, 3.63) is 36.0 Å². The van der Waals surface area contributed by atoms with Crippen LogP contribution >= 0.6 is 0 Å². The summed E-state index contributed by atoms with van der Waals surface area (Å²) in [5.74, 6) is 2.43. The first kappa shape index (κ1) is 19.9. The summed E-state index contributed by atoms with van der Waals surface area (Å²) in [7, 11) is 1.64. The first-order valence-electron chi connectivity index (χ1n) is 9.92. The number of aromatic nitrogens is 2. The van der Waals surface area contributed by atoms with Crippen LogP contribution in [0.2, 0.25) is 0 Å². The summed E-state index contributed by atoms with van der Waals surface area (Å²) < 4.78 is 5.17. The van der Waals surface area contributed by atoms with Crippen molar-refractivity contribution in [2.45, 2.75) is 39.0 Å². The second kappa shape index (κ2) is 9.92. The molecule has 3 rings (SSSR count). The molecule has 1 amide bonds. The van der Waals surface area contributed by atoms with E-state index in [1.165, 1.54) is 6.42 Å². The third-order valence-electron chi connectivity index (χ3n) is 4.90. The molecule has 0 aliphatic heterocycles. The number of nitrogens with one attached hydrogen (secondary N) is 3. The predicted octanol–water partition coefficient (Wildman–Crippen LogP) is 3.65. The van der Waals surface area contributed by atoms with Crippen LogP contribution in [0.15, 0.2) is 30.3 Å². The molecule has 1 aromatic heterocycles. The van der Waals surface area contributed by atoms with Crippen LogP contribution in [0, 0.1) is 12.8 Å². The zero-order valence-electron chi connectivity index (χ0n) is 16.6. The normalized spacial score (nSPS) is 14.4. The molecule has 1 saturated carbocycles. The maximum atomic E-state index is 12.2. The molecule has 0 unspecified atom stereocenters. The predicted molar refractivity (Wildman–Crippen MR) is 111 cm³/mol. The lowest BCUT2D eigenvalue weighted by molar-refractivity contribution is -0.125. The lowest BCUT2D eigenvalue weighted by Crippen LogP contribution is -2.35. The molecule has 7 heteroatoms. The van der Waals surface area contributed by atoms with E-state index < -0.39 is 0 Å². The number of aryl methyl sites for hydroxylation is 1. The molecule has 1 fully saturated rings. The van der Waals surface area contributed by atoms with Gasteiger partial charge in [0.1, 0.15) is 11.6 Å². The number of anilines is 3. The summed E-state index contributed by atoms with van der Waals surface area (Å²) in [5.41, 5.74) is 1.78. The monoisotopic (exact) mass is 383 g/mol. The Hall–Kier alpha value is -2.83. The number of rotatable bonds is 8. The maximum absolute atomic E-state index is 12.2. The molecule has 2 aromatic rings. The number of hydrogen-bond donors (Lipinski definition) is 3. The molecule has 28 heavy (non-hydrogen) atoms. The SMILES string of the molecule is COc1ccc(Nc2cc(C)nc(NCCNC(=O)C3CCCCC3)n2)cc1. The number of ether oxygens (including phenoxy) is 1. The van der Waals surface area contributed by atoms with Gasteiger partial charge in [-0.3, -0.25) is 4.79 Å². The summed E-state index contributed by atoms with van der Waals surface area (Å²) in [6, 6.07) is 9.55. The van der Waals surface area contributed by atoms with Crippen LogP contribution in [0.3, 0.4) is 0 Å². The molecule has 0 atom stereocenters. The van der Waals surface area contributed by atoms with E-state index >= 15 is 0 Å². The van der Waals surface area contributed by atoms with Crippen molar-refractivity contribution >= 4 is 23.4 Å². The number of methoxy groups -OCH3 is 1.